The molecular weight excluding hydrogens is 124 g/mol. The lowest BCUT2D eigenvalue weighted by atomic mass is 9.77. The second-order valence-electron chi connectivity index (χ2n) is 3.93. The van der Waals surface area contributed by atoms with E-state index in [4.69, 9.17) is 0 Å². The van der Waals surface area contributed by atoms with Crippen LogP contribution in [-0.2, 0) is 0 Å². The van der Waals surface area contributed by atoms with E-state index in [2.05, 4.69) is 24.2 Å². The van der Waals surface area contributed by atoms with Gasteiger partial charge in [-0.15, -0.1) is 0 Å². The minimum atomic E-state index is 0.523. The minimum Gasteiger partial charge on any atom is -0.309 e. The second kappa shape index (κ2) is 1.95. The Hall–Kier alpha value is -0.0800. The lowest BCUT2D eigenvalue weighted by Gasteiger charge is -2.46. The summed E-state index contributed by atoms with van der Waals surface area (Å²) < 4.78 is 0. The van der Waals surface area contributed by atoms with Crippen LogP contribution >= 0.6 is 0 Å². The Labute approximate surface area is 62.6 Å². The smallest absolute Gasteiger partial charge is 0.0358 e. The third-order valence-corrected chi connectivity index (χ3v) is 3.20. The Morgan fingerprint density at radius 2 is 2.40 bits per heavy atom. The van der Waals surface area contributed by atoms with Gasteiger partial charge in [-0.05, 0) is 25.9 Å². The van der Waals surface area contributed by atoms with Crippen molar-refractivity contribution >= 4 is 0 Å². The van der Waals surface area contributed by atoms with Gasteiger partial charge in [0.15, 0.2) is 0 Å². The molecule has 2 fully saturated rings. The number of hydrogen-bond acceptors (Lipinski definition) is 2. The number of hydrogen-bond donors (Lipinski definition) is 1. The van der Waals surface area contributed by atoms with E-state index < -0.39 is 0 Å². The Morgan fingerprint density at radius 3 is 2.60 bits per heavy atom. The van der Waals surface area contributed by atoms with Gasteiger partial charge in [-0.25, -0.2) is 0 Å². The van der Waals surface area contributed by atoms with E-state index in [0.717, 1.165) is 5.92 Å². The molecule has 2 aliphatic heterocycles. The van der Waals surface area contributed by atoms with Crippen LogP contribution in [0.25, 0.3) is 0 Å². The van der Waals surface area contributed by atoms with E-state index in [1.165, 1.54) is 26.1 Å². The predicted molar refractivity (Wildman–Crippen MR) is 42.0 cm³/mol. The maximum atomic E-state index is 3.56. The summed E-state index contributed by atoms with van der Waals surface area (Å²) in [5.74, 6) is 0.900. The quantitative estimate of drug-likeness (QED) is 0.520. The molecule has 2 atom stereocenters. The second-order valence-corrected chi connectivity index (χ2v) is 3.93. The highest BCUT2D eigenvalue weighted by Crippen LogP contribution is 2.34. The van der Waals surface area contributed by atoms with E-state index in [0.29, 0.717) is 5.54 Å². The van der Waals surface area contributed by atoms with Gasteiger partial charge in [0.2, 0.25) is 0 Å². The number of likely N-dealkylation sites (tertiary alicyclic amines) is 1. The molecule has 0 aromatic rings. The summed E-state index contributed by atoms with van der Waals surface area (Å²) in [7, 11) is 2.21. The van der Waals surface area contributed by atoms with Gasteiger partial charge < -0.3 is 10.2 Å². The van der Waals surface area contributed by atoms with Gasteiger partial charge in [-0.3, -0.25) is 0 Å². The van der Waals surface area contributed by atoms with E-state index in [1.807, 2.05) is 0 Å². The molecule has 2 unspecified atom stereocenters. The highest BCUT2D eigenvalue weighted by atomic mass is 15.2. The first-order chi connectivity index (χ1) is 4.73. The van der Waals surface area contributed by atoms with Gasteiger partial charge >= 0.3 is 0 Å². The average Bonchev–Trinajstić information content (AvgIpc) is 2.31. The van der Waals surface area contributed by atoms with E-state index in [-0.39, 0.29) is 0 Å². The zero-order valence-electron chi connectivity index (χ0n) is 6.85. The summed E-state index contributed by atoms with van der Waals surface area (Å²) in [4.78, 5) is 2.42. The largest absolute Gasteiger partial charge is 0.309 e. The predicted octanol–water partition coefficient (Wildman–Crippen LogP) is 0.300. The van der Waals surface area contributed by atoms with Crippen molar-refractivity contribution in [2.45, 2.75) is 18.9 Å². The van der Waals surface area contributed by atoms with Gasteiger partial charge in [-0.1, -0.05) is 6.92 Å². The third-order valence-electron chi connectivity index (χ3n) is 3.20. The lowest BCUT2D eigenvalue weighted by molar-refractivity contribution is 0.124. The molecule has 0 aliphatic carbocycles. The van der Waals surface area contributed by atoms with E-state index >= 15 is 0 Å². The molecule has 0 aromatic heterocycles. The number of nitrogens with one attached hydrogen (secondary N) is 1. The van der Waals surface area contributed by atoms with Crippen LogP contribution in [0.1, 0.15) is 13.3 Å². The molecule has 1 spiro atoms. The SMILES string of the molecule is CC1CNC12CCN(C)C2. The molecule has 58 valence electrons. The van der Waals surface area contributed by atoms with Crippen molar-refractivity contribution < 1.29 is 0 Å². The number of rotatable bonds is 0. The van der Waals surface area contributed by atoms with E-state index in [1.54, 1.807) is 0 Å². The monoisotopic (exact) mass is 140 g/mol. The van der Waals surface area contributed by atoms with Gasteiger partial charge in [0.05, 0.1) is 0 Å². The molecule has 0 aromatic carbocycles. The van der Waals surface area contributed by atoms with Crippen LogP contribution in [0.5, 0.6) is 0 Å². The van der Waals surface area contributed by atoms with Crippen LogP contribution in [-0.4, -0.2) is 37.1 Å². The summed E-state index contributed by atoms with van der Waals surface area (Å²) in [6.07, 6.45) is 1.35. The summed E-state index contributed by atoms with van der Waals surface area (Å²) in [5.41, 5.74) is 0.523. The van der Waals surface area contributed by atoms with Crippen molar-refractivity contribution in [2.24, 2.45) is 5.92 Å². The fraction of sp³-hybridized carbons (Fsp3) is 1.00. The Kier molecular flexibility index (Phi) is 1.29. The third kappa shape index (κ3) is 0.722. The standard InChI is InChI=1S/C8H16N2/c1-7-5-9-8(7)3-4-10(2)6-8/h7,9H,3-6H2,1-2H3. The maximum absolute atomic E-state index is 3.56. The van der Waals surface area contributed by atoms with Crippen LogP contribution in [0.15, 0.2) is 0 Å². The Bertz CT molecular complexity index is 146. The summed E-state index contributed by atoms with van der Waals surface area (Å²) >= 11 is 0. The zero-order valence-corrected chi connectivity index (χ0v) is 6.85. The van der Waals surface area contributed by atoms with Crippen molar-refractivity contribution in [1.82, 2.24) is 10.2 Å². The molecule has 1 N–H and O–H groups in total. The topological polar surface area (TPSA) is 15.3 Å². The maximum Gasteiger partial charge on any atom is 0.0358 e. The Morgan fingerprint density at radius 1 is 1.60 bits per heavy atom. The van der Waals surface area contributed by atoms with Crippen LogP contribution in [0.2, 0.25) is 0 Å². The van der Waals surface area contributed by atoms with Crippen molar-refractivity contribution in [2.75, 3.05) is 26.7 Å². The van der Waals surface area contributed by atoms with E-state index in [9.17, 15) is 0 Å². The van der Waals surface area contributed by atoms with Crippen molar-refractivity contribution in [3.8, 4) is 0 Å². The van der Waals surface area contributed by atoms with Crippen molar-refractivity contribution in [3.05, 3.63) is 0 Å². The van der Waals surface area contributed by atoms with Crippen LogP contribution < -0.4 is 5.32 Å². The first-order valence-electron chi connectivity index (χ1n) is 4.16. The molecular formula is C8H16N2. The van der Waals surface area contributed by atoms with Gasteiger partial charge in [0.25, 0.3) is 0 Å². The number of nitrogens with zero attached hydrogens (tertiary/aromatic N) is 1. The summed E-state index contributed by atoms with van der Waals surface area (Å²) in [5, 5.41) is 3.56. The normalized spacial score (nSPS) is 48.0. The molecule has 0 amide bonds. The van der Waals surface area contributed by atoms with Crippen LogP contribution in [0.4, 0.5) is 0 Å². The molecule has 2 saturated heterocycles. The molecule has 0 radical (unpaired) electrons. The van der Waals surface area contributed by atoms with Gasteiger partial charge in [-0.2, -0.15) is 0 Å². The lowest BCUT2D eigenvalue weighted by Crippen LogP contribution is -2.65. The highest BCUT2D eigenvalue weighted by Gasteiger charge is 2.46. The van der Waals surface area contributed by atoms with Crippen molar-refractivity contribution in [1.29, 1.82) is 0 Å². The average molecular weight is 140 g/mol. The first-order valence-corrected chi connectivity index (χ1v) is 4.16. The molecule has 2 heteroatoms. The fourth-order valence-electron chi connectivity index (χ4n) is 2.17. The molecule has 2 rings (SSSR count). The molecule has 0 saturated carbocycles. The summed E-state index contributed by atoms with van der Waals surface area (Å²) in [6, 6.07) is 0. The molecule has 2 aliphatic rings. The highest BCUT2D eigenvalue weighted by molar-refractivity contribution is 5.07. The van der Waals surface area contributed by atoms with Crippen LogP contribution in [0.3, 0.4) is 0 Å². The van der Waals surface area contributed by atoms with Crippen LogP contribution in [0, 0.1) is 5.92 Å². The van der Waals surface area contributed by atoms with Gasteiger partial charge in [0.1, 0.15) is 0 Å². The van der Waals surface area contributed by atoms with Gasteiger partial charge in [0, 0.05) is 18.6 Å². The Balaban J connectivity index is 2.04. The zero-order chi connectivity index (χ0) is 7.19. The number of likely N-dealkylation sites (N-methyl/N-ethyl adjacent to an activating group) is 1. The molecule has 2 heterocycles. The molecule has 10 heavy (non-hydrogen) atoms. The first kappa shape index (κ1) is 6.62. The fourth-order valence-corrected chi connectivity index (χ4v) is 2.17. The molecule has 2 nitrogen and oxygen atoms in total. The summed E-state index contributed by atoms with van der Waals surface area (Å²) in [6.45, 7) is 6.12. The van der Waals surface area contributed by atoms with Crippen molar-refractivity contribution in [3.63, 3.8) is 0 Å². The molecule has 0 bridgehead atoms. The minimum absolute atomic E-state index is 0.523.